The van der Waals surface area contributed by atoms with Gasteiger partial charge in [0.05, 0.1) is 3.79 Å². The third-order valence-electron chi connectivity index (χ3n) is 3.23. The summed E-state index contributed by atoms with van der Waals surface area (Å²) in [7, 11) is 0. The SMILES string of the molecule is CCNC(CCc1ccccc1)c1cc(C)c(Br)s1. The normalized spacial score (nSPS) is 12.6. The molecule has 1 nitrogen and oxygen atoms in total. The molecule has 2 aromatic rings. The molecule has 0 fully saturated rings. The fourth-order valence-electron chi connectivity index (χ4n) is 2.20. The molecule has 0 saturated carbocycles. The molecule has 0 radical (unpaired) electrons. The number of rotatable bonds is 6. The Morgan fingerprint density at radius 1 is 1.26 bits per heavy atom. The highest BCUT2D eigenvalue weighted by Crippen LogP contribution is 2.33. The van der Waals surface area contributed by atoms with Gasteiger partial charge in [-0.3, -0.25) is 0 Å². The number of hydrogen-bond donors (Lipinski definition) is 1. The Bertz CT molecular complexity index is 487. The Balaban J connectivity index is 2.04. The zero-order valence-corrected chi connectivity index (χ0v) is 13.9. The van der Waals surface area contributed by atoms with Gasteiger partial charge in [0.15, 0.2) is 0 Å². The summed E-state index contributed by atoms with van der Waals surface area (Å²) < 4.78 is 1.25. The summed E-state index contributed by atoms with van der Waals surface area (Å²) in [5, 5.41) is 3.60. The van der Waals surface area contributed by atoms with Crippen LogP contribution in [0.15, 0.2) is 40.2 Å². The second kappa shape index (κ2) is 7.22. The third kappa shape index (κ3) is 4.16. The lowest BCUT2D eigenvalue weighted by atomic mass is 10.0. The van der Waals surface area contributed by atoms with E-state index in [-0.39, 0.29) is 0 Å². The number of nitrogens with one attached hydrogen (secondary N) is 1. The zero-order valence-electron chi connectivity index (χ0n) is 11.4. The van der Waals surface area contributed by atoms with Crippen LogP contribution in [0.4, 0.5) is 0 Å². The fourth-order valence-corrected chi connectivity index (χ4v) is 3.88. The van der Waals surface area contributed by atoms with Gasteiger partial charge in [0.1, 0.15) is 0 Å². The minimum atomic E-state index is 0.459. The molecular weight excluding hydrogens is 318 g/mol. The lowest BCUT2D eigenvalue weighted by Crippen LogP contribution is -2.20. The van der Waals surface area contributed by atoms with E-state index in [2.05, 4.69) is 71.5 Å². The van der Waals surface area contributed by atoms with E-state index in [0.29, 0.717) is 6.04 Å². The molecule has 19 heavy (non-hydrogen) atoms. The van der Waals surface area contributed by atoms with Gasteiger partial charge in [-0.2, -0.15) is 0 Å². The van der Waals surface area contributed by atoms with Gasteiger partial charge in [-0.1, -0.05) is 37.3 Å². The average Bonchev–Trinajstić information content (AvgIpc) is 2.76. The molecular formula is C16H20BrNS. The molecule has 0 spiro atoms. The highest BCUT2D eigenvalue weighted by molar-refractivity contribution is 9.11. The number of halogens is 1. The van der Waals surface area contributed by atoms with Crippen molar-refractivity contribution in [2.45, 2.75) is 32.7 Å². The predicted molar refractivity (Wildman–Crippen MR) is 87.9 cm³/mol. The van der Waals surface area contributed by atoms with Gasteiger partial charge < -0.3 is 5.32 Å². The number of hydrogen-bond acceptors (Lipinski definition) is 2. The minimum absolute atomic E-state index is 0.459. The molecule has 1 N–H and O–H groups in total. The second-order valence-electron chi connectivity index (χ2n) is 4.74. The third-order valence-corrected chi connectivity index (χ3v) is 5.49. The topological polar surface area (TPSA) is 12.0 Å². The van der Waals surface area contributed by atoms with E-state index in [1.165, 1.54) is 19.8 Å². The highest BCUT2D eigenvalue weighted by Gasteiger charge is 2.14. The first kappa shape index (κ1) is 14.8. The van der Waals surface area contributed by atoms with Gasteiger partial charge in [-0.15, -0.1) is 11.3 Å². The number of aryl methyl sites for hydroxylation is 2. The molecule has 1 unspecified atom stereocenters. The lowest BCUT2D eigenvalue weighted by molar-refractivity contribution is 0.523. The van der Waals surface area contributed by atoms with Crippen molar-refractivity contribution >= 4 is 27.3 Å². The van der Waals surface area contributed by atoms with Crippen molar-refractivity contribution in [1.82, 2.24) is 5.32 Å². The molecule has 0 aliphatic rings. The smallest absolute Gasteiger partial charge is 0.0731 e. The minimum Gasteiger partial charge on any atom is -0.310 e. The summed E-state index contributed by atoms with van der Waals surface area (Å²) in [6, 6.07) is 13.5. The fraction of sp³-hybridized carbons (Fsp3) is 0.375. The Kier molecular flexibility index (Phi) is 5.61. The van der Waals surface area contributed by atoms with Crippen LogP contribution in [0, 0.1) is 6.92 Å². The maximum atomic E-state index is 3.62. The number of thiophene rings is 1. The first-order valence-electron chi connectivity index (χ1n) is 6.74. The van der Waals surface area contributed by atoms with Gasteiger partial charge in [0, 0.05) is 10.9 Å². The van der Waals surface area contributed by atoms with E-state index in [1.54, 1.807) is 0 Å². The van der Waals surface area contributed by atoms with E-state index in [4.69, 9.17) is 0 Å². The molecule has 102 valence electrons. The maximum absolute atomic E-state index is 3.62. The molecule has 1 aromatic heterocycles. The Morgan fingerprint density at radius 2 is 2.00 bits per heavy atom. The van der Waals surface area contributed by atoms with Crippen LogP contribution in [0.1, 0.15) is 35.4 Å². The van der Waals surface area contributed by atoms with Crippen LogP contribution >= 0.6 is 27.3 Å². The van der Waals surface area contributed by atoms with Gasteiger partial charge in [0.2, 0.25) is 0 Å². The van der Waals surface area contributed by atoms with E-state index >= 15 is 0 Å². The molecule has 0 bridgehead atoms. The van der Waals surface area contributed by atoms with Crippen molar-refractivity contribution in [2.75, 3.05) is 6.54 Å². The molecule has 1 heterocycles. The van der Waals surface area contributed by atoms with Gasteiger partial charge in [-0.25, -0.2) is 0 Å². The van der Waals surface area contributed by atoms with Crippen LogP contribution in [-0.4, -0.2) is 6.54 Å². The molecule has 0 aliphatic heterocycles. The monoisotopic (exact) mass is 337 g/mol. The van der Waals surface area contributed by atoms with E-state index < -0.39 is 0 Å². The summed E-state index contributed by atoms with van der Waals surface area (Å²) in [5.41, 5.74) is 2.75. The highest BCUT2D eigenvalue weighted by atomic mass is 79.9. The van der Waals surface area contributed by atoms with Crippen molar-refractivity contribution in [2.24, 2.45) is 0 Å². The van der Waals surface area contributed by atoms with Crippen molar-refractivity contribution in [3.8, 4) is 0 Å². The van der Waals surface area contributed by atoms with Crippen molar-refractivity contribution in [3.63, 3.8) is 0 Å². The van der Waals surface area contributed by atoms with Crippen LogP contribution in [0.2, 0.25) is 0 Å². The molecule has 0 aliphatic carbocycles. The summed E-state index contributed by atoms with van der Waals surface area (Å²) in [6.07, 6.45) is 2.26. The van der Waals surface area contributed by atoms with Gasteiger partial charge in [0.25, 0.3) is 0 Å². The van der Waals surface area contributed by atoms with Crippen LogP contribution in [0.3, 0.4) is 0 Å². The molecule has 1 aromatic carbocycles. The molecule has 2 rings (SSSR count). The first-order valence-corrected chi connectivity index (χ1v) is 8.34. The summed E-state index contributed by atoms with van der Waals surface area (Å²) in [5.74, 6) is 0. The standard InChI is InChI=1S/C16H20BrNS/c1-3-18-14(15-11-12(2)16(17)19-15)10-9-13-7-5-4-6-8-13/h4-8,11,14,18H,3,9-10H2,1-2H3. The zero-order chi connectivity index (χ0) is 13.7. The summed E-state index contributed by atoms with van der Waals surface area (Å²) >= 11 is 5.47. The Labute approximate surface area is 128 Å². The molecule has 3 heteroatoms. The van der Waals surface area contributed by atoms with Crippen LogP contribution in [-0.2, 0) is 6.42 Å². The first-order chi connectivity index (χ1) is 9.20. The van der Waals surface area contributed by atoms with Crippen LogP contribution < -0.4 is 5.32 Å². The molecule has 0 saturated heterocycles. The van der Waals surface area contributed by atoms with E-state index in [0.717, 1.165) is 19.4 Å². The van der Waals surface area contributed by atoms with Gasteiger partial charge >= 0.3 is 0 Å². The Morgan fingerprint density at radius 3 is 2.58 bits per heavy atom. The quantitative estimate of drug-likeness (QED) is 0.772. The van der Waals surface area contributed by atoms with Crippen LogP contribution in [0.25, 0.3) is 0 Å². The maximum Gasteiger partial charge on any atom is 0.0731 e. The van der Waals surface area contributed by atoms with Crippen molar-refractivity contribution in [3.05, 3.63) is 56.2 Å². The summed E-state index contributed by atoms with van der Waals surface area (Å²) in [6.45, 7) is 5.34. The second-order valence-corrected chi connectivity index (χ2v) is 7.14. The van der Waals surface area contributed by atoms with E-state index in [1.807, 2.05) is 11.3 Å². The van der Waals surface area contributed by atoms with E-state index in [9.17, 15) is 0 Å². The largest absolute Gasteiger partial charge is 0.310 e. The van der Waals surface area contributed by atoms with Crippen LogP contribution in [0.5, 0.6) is 0 Å². The van der Waals surface area contributed by atoms with Crippen molar-refractivity contribution in [1.29, 1.82) is 0 Å². The average molecular weight is 338 g/mol. The predicted octanol–water partition coefficient (Wildman–Crippen LogP) is 5.10. The molecule has 0 amide bonds. The van der Waals surface area contributed by atoms with Crippen molar-refractivity contribution < 1.29 is 0 Å². The molecule has 1 atom stereocenters. The van der Waals surface area contributed by atoms with Gasteiger partial charge in [-0.05, 0) is 59.4 Å². The summed E-state index contributed by atoms with van der Waals surface area (Å²) in [4.78, 5) is 1.43. The lowest BCUT2D eigenvalue weighted by Gasteiger charge is -2.16. The number of benzene rings is 1. The Hall–Kier alpha value is -0.640.